The summed E-state index contributed by atoms with van der Waals surface area (Å²) >= 11 is 0. The van der Waals surface area contributed by atoms with E-state index in [0.29, 0.717) is 12.1 Å². The minimum atomic E-state index is 0.549. The fourth-order valence-corrected chi connectivity index (χ4v) is 3.62. The lowest BCUT2D eigenvalue weighted by molar-refractivity contribution is 0.473. The topological polar surface area (TPSA) is 34.8 Å². The van der Waals surface area contributed by atoms with Crippen molar-refractivity contribution in [1.29, 1.82) is 0 Å². The average molecular weight is 284 g/mol. The minimum absolute atomic E-state index is 0.549. The predicted octanol–water partition coefficient (Wildman–Crippen LogP) is 3.05. The molecule has 1 atom stereocenters. The van der Waals surface area contributed by atoms with Gasteiger partial charge in [-0.1, -0.05) is 6.92 Å². The van der Waals surface area contributed by atoms with E-state index >= 15 is 0 Å². The van der Waals surface area contributed by atoms with Crippen molar-refractivity contribution in [1.82, 2.24) is 19.4 Å². The summed E-state index contributed by atoms with van der Waals surface area (Å²) in [4.78, 5) is 4.34. The number of hydrogen-bond acceptors (Lipinski definition) is 2. The van der Waals surface area contributed by atoms with Crippen LogP contribution in [0.4, 0.5) is 0 Å². The zero-order valence-corrected chi connectivity index (χ0v) is 12.8. The zero-order chi connectivity index (χ0) is 14.2. The maximum absolute atomic E-state index is 4.34. The Kier molecular flexibility index (Phi) is 3.34. The van der Waals surface area contributed by atoms with E-state index in [1.165, 1.54) is 48.9 Å². The fourth-order valence-electron chi connectivity index (χ4n) is 3.62. The minimum Gasteiger partial charge on any atom is -0.348 e. The Bertz CT molecular complexity index is 621. The van der Waals surface area contributed by atoms with E-state index in [-0.39, 0.29) is 0 Å². The molecule has 2 aromatic rings. The van der Waals surface area contributed by atoms with Gasteiger partial charge in [-0.15, -0.1) is 0 Å². The van der Waals surface area contributed by atoms with E-state index in [1.807, 2.05) is 12.5 Å². The Morgan fingerprint density at radius 1 is 1.29 bits per heavy atom. The lowest BCUT2D eigenvalue weighted by Gasteiger charge is -2.22. The molecule has 4 heteroatoms. The molecule has 0 amide bonds. The van der Waals surface area contributed by atoms with Crippen molar-refractivity contribution >= 4 is 0 Å². The van der Waals surface area contributed by atoms with Gasteiger partial charge in [0.2, 0.25) is 0 Å². The molecule has 2 aliphatic rings. The van der Waals surface area contributed by atoms with E-state index < -0.39 is 0 Å². The molecule has 2 aliphatic carbocycles. The van der Waals surface area contributed by atoms with Crippen LogP contribution in [0.2, 0.25) is 0 Å². The highest BCUT2D eigenvalue weighted by Crippen LogP contribution is 2.36. The lowest BCUT2D eigenvalue weighted by atomic mass is 9.91. The molecule has 0 radical (unpaired) electrons. The van der Waals surface area contributed by atoms with Crippen LogP contribution in [0.5, 0.6) is 0 Å². The predicted molar refractivity (Wildman–Crippen MR) is 83.4 cm³/mol. The van der Waals surface area contributed by atoms with E-state index in [0.717, 1.165) is 13.1 Å². The first-order chi connectivity index (χ1) is 10.3. The number of nitrogens with one attached hydrogen (secondary N) is 1. The molecule has 0 aliphatic heterocycles. The van der Waals surface area contributed by atoms with Gasteiger partial charge in [0.25, 0.3) is 0 Å². The average Bonchev–Trinajstić information content (AvgIpc) is 3.07. The molecule has 1 unspecified atom stereocenters. The maximum Gasteiger partial charge on any atom is 0.0951 e. The second-order valence-corrected chi connectivity index (χ2v) is 6.44. The van der Waals surface area contributed by atoms with Crippen LogP contribution in [-0.2, 0) is 13.0 Å². The third-order valence-electron chi connectivity index (χ3n) is 4.79. The van der Waals surface area contributed by atoms with Gasteiger partial charge in [0.1, 0.15) is 0 Å². The van der Waals surface area contributed by atoms with Gasteiger partial charge in [0, 0.05) is 30.7 Å². The molecule has 1 saturated carbocycles. The van der Waals surface area contributed by atoms with E-state index in [4.69, 9.17) is 0 Å². The summed E-state index contributed by atoms with van der Waals surface area (Å²) in [5, 5.41) is 3.62. The molecule has 0 saturated heterocycles. The molecule has 0 aromatic carbocycles. The number of aromatic nitrogens is 3. The number of fused-ring (bicyclic) bond motifs is 1. The molecule has 4 rings (SSSR count). The summed E-state index contributed by atoms with van der Waals surface area (Å²) in [5.74, 6) is 0. The number of hydrogen-bond donors (Lipinski definition) is 1. The number of nitrogens with zero attached hydrogens (tertiary/aromatic N) is 3. The number of rotatable bonds is 5. The quantitative estimate of drug-likeness (QED) is 0.916. The van der Waals surface area contributed by atoms with E-state index in [2.05, 4.69) is 38.8 Å². The van der Waals surface area contributed by atoms with E-state index in [9.17, 15) is 0 Å². The summed E-state index contributed by atoms with van der Waals surface area (Å²) in [7, 11) is 0. The second kappa shape index (κ2) is 5.34. The van der Waals surface area contributed by atoms with Crippen molar-refractivity contribution in [3.8, 4) is 0 Å². The zero-order valence-electron chi connectivity index (χ0n) is 12.8. The Morgan fingerprint density at radius 3 is 3.00 bits per heavy atom. The second-order valence-electron chi connectivity index (χ2n) is 6.44. The Hall–Kier alpha value is -1.55. The summed E-state index contributed by atoms with van der Waals surface area (Å²) in [6.07, 6.45) is 15.2. The first-order valence-electron chi connectivity index (χ1n) is 8.27. The van der Waals surface area contributed by atoms with Crippen LogP contribution < -0.4 is 5.32 Å². The molecular weight excluding hydrogens is 260 g/mol. The summed E-state index contributed by atoms with van der Waals surface area (Å²) in [6, 6.07) is 1.26. The van der Waals surface area contributed by atoms with Crippen molar-refractivity contribution < 1.29 is 0 Å². The van der Waals surface area contributed by atoms with Crippen molar-refractivity contribution in [3.05, 3.63) is 41.7 Å². The van der Waals surface area contributed by atoms with Gasteiger partial charge < -0.3 is 14.5 Å². The first kappa shape index (κ1) is 13.1. The highest BCUT2D eigenvalue weighted by Gasteiger charge is 2.26. The third-order valence-corrected chi connectivity index (χ3v) is 4.79. The van der Waals surface area contributed by atoms with Crippen molar-refractivity contribution in [3.63, 3.8) is 0 Å². The van der Waals surface area contributed by atoms with Crippen molar-refractivity contribution in [2.24, 2.45) is 0 Å². The highest BCUT2D eigenvalue weighted by atomic mass is 15.1. The van der Waals surface area contributed by atoms with Gasteiger partial charge in [0.15, 0.2) is 0 Å². The van der Waals surface area contributed by atoms with Crippen LogP contribution in [0.15, 0.2) is 24.9 Å². The third kappa shape index (κ3) is 2.53. The van der Waals surface area contributed by atoms with Crippen molar-refractivity contribution in [2.75, 3.05) is 6.54 Å². The van der Waals surface area contributed by atoms with Gasteiger partial charge in [-0.25, -0.2) is 4.98 Å². The van der Waals surface area contributed by atoms with Gasteiger partial charge >= 0.3 is 0 Å². The molecule has 2 aromatic heterocycles. The number of aryl methyl sites for hydroxylation is 1. The molecule has 2 heterocycles. The van der Waals surface area contributed by atoms with Gasteiger partial charge in [0.05, 0.1) is 18.6 Å². The molecular formula is C17H24N4. The van der Waals surface area contributed by atoms with Crippen LogP contribution in [0, 0.1) is 0 Å². The molecule has 0 bridgehead atoms. The lowest BCUT2D eigenvalue weighted by Crippen LogP contribution is -2.23. The Morgan fingerprint density at radius 2 is 2.19 bits per heavy atom. The molecule has 21 heavy (non-hydrogen) atoms. The van der Waals surface area contributed by atoms with Crippen LogP contribution in [0.25, 0.3) is 0 Å². The molecule has 1 fully saturated rings. The van der Waals surface area contributed by atoms with Crippen LogP contribution in [0.1, 0.15) is 61.5 Å². The Balaban J connectivity index is 1.57. The molecule has 0 spiro atoms. The smallest absolute Gasteiger partial charge is 0.0951 e. The molecule has 112 valence electrons. The fraction of sp³-hybridized carbons (Fsp3) is 0.588. The molecule has 4 nitrogen and oxygen atoms in total. The highest BCUT2D eigenvalue weighted by molar-refractivity contribution is 5.30. The van der Waals surface area contributed by atoms with Gasteiger partial charge in [-0.05, 0) is 49.8 Å². The standard InChI is InChI=1S/C17H24N4/c1-2-19-17-5-3-4-13-9-20(11-16(13)17)10-15-8-18-12-21(15)14-6-7-14/h8-9,11-12,14,17,19H,2-7,10H2,1H3. The normalized spacial score (nSPS) is 21.5. The summed E-state index contributed by atoms with van der Waals surface area (Å²) in [5.41, 5.74) is 4.38. The summed E-state index contributed by atoms with van der Waals surface area (Å²) < 4.78 is 4.72. The largest absolute Gasteiger partial charge is 0.348 e. The van der Waals surface area contributed by atoms with E-state index in [1.54, 1.807) is 0 Å². The number of imidazole rings is 1. The monoisotopic (exact) mass is 284 g/mol. The van der Waals surface area contributed by atoms with Gasteiger partial charge in [-0.2, -0.15) is 0 Å². The Labute approximate surface area is 126 Å². The first-order valence-corrected chi connectivity index (χ1v) is 8.27. The van der Waals surface area contributed by atoms with Crippen LogP contribution >= 0.6 is 0 Å². The van der Waals surface area contributed by atoms with Crippen molar-refractivity contribution in [2.45, 2.75) is 57.7 Å². The summed E-state index contributed by atoms with van der Waals surface area (Å²) in [6.45, 7) is 4.19. The van der Waals surface area contributed by atoms with Crippen LogP contribution in [-0.4, -0.2) is 20.7 Å². The van der Waals surface area contributed by atoms with Gasteiger partial charge in [-0.3, -0.25) is 0 Å². The maximum atomic E-state index is 4.34. The molecule has 1 N–H and O–H groups in total. The SMILES string of the molecule is CCNC1CCCc2cn(Cc3cncn3C3CC3)cc21. The van der Waals surface area contributed by atoms with Crippen LogP contribution in [0.3, 0.4) is 0 Å².